The van der Waals surface area contributed by atoms with Gasteiger partial charge < -0.3 is 10.5 Å². The Kier molecular flexibility index (Phi) is 3.91. The lowest BCUT2D eigenvalue weighted by Gasteiger charge is -2.35. The predicted molar refractivity (Wildman–Crippen MR) is 72.1 cm³/mol. The van der Waals surface area contributed by atoms with Crippen LogP contribution in [0.5, 0.6) is 0 Å². The first-order valence-electron chi connectivity index (χ1n) is 6.20. The van der Waals surface area contributed by atoms with Crippen molar-refractivity contribution < 1.29 is 22.7 Å². The van der Waals surface area contributed by atoms with E-state index < -0.39 is 29.7 Å². The minimum absolute atomic E-state index is 0.420. The first-order valence-corrected chi connectivity index (χ1v) is 6.20. The standard InChI is InChI=1S/C15H14F3NO2/c1-21-13(20)12-8-7-11(10-5-3-2-4-6-10)9-14(12,19)15(16,17)18/h2-8H,9,19H2,1H3. The Balaban J connectivity index is 2.50. The van der Waals surface area contributed by atoms with Gasteiger partial charge in [0.1, 0.15) is 5.54 Å². The zero-order chi connectivity index (χ0) is 15.7. The van der Waals surface area contributed by atoms with Crippen LogP contribution < -0.4 is 5.73 Å². The van der Waals surface area contributed by atoms with Gasteiger partial charge in [-0.1, -0.05) is 36.4 Å². The number of carbonyl (C=O) groups is 1. The van der Waals surface area contributed by atoms with Crippen molar-refractivity contribution >= 4 is 11.5 Å². The van der Waals surface area contributed by atoms with Crippen molar-refractivity contribution in [3.05, 3.63) is 53.6 Å². The van der Waals surface area contributed by atoms with Crippen LogP contribution in [0.15, 0.2) is 48.1 Å². The third-order valence-electron chi connectivity index (χ3n) is 3.46. The van der Waals surface area contributed by atoms with E-state index in [0.29, 0.717) is 11.1 Å². The Morgan fingerprint density at radius 3 is 2.38 bits per heavy atom. The fourth-order valence-electron chi connectivity index (χ4n) is 2.25. The number of nitrogens with two attached hydrogens (primary N) is 1. The molecule has 0 aliphatic heterocycles. The van der Waals surface area contributed by atoms with E-state index in [-0.39, 0.29) is 0 Å². The Bertz CT molecular complexity index is 605. The van der Waals surface area contributed by atoms with E-state index in [1.807, 2.05) is 0 Å². The van der Waals surface area contributed by atoms with Crippen molar-refractivity contribution in [1.82, 2.24) is 0 Å². The Morgan fingerprint density at radius 1 is 1.24 bits per heavy atom. The maximum atomic E-state index is 13.4. The third-order valence-corrected chi connectivity index (χ3v) is 3.46. The van der Waals surface area contributed by atoms with Gasteiger partial charge in [-0.05, 0) is 17.2 Å². The van der Waals surface area contributed by atoms with Crippen molar-refractivity contribution in [2.24, 2.45) is 5.73 Å². The van der Waals surface area contributed by atoms with Crippen LogP contribution in [0.25, 0.3) is 5.57 Å². The van der Waals surface area contributed by atoms with Crippen LogP contribution in [0.2, 0.25) is 0 Å². The molecule has 0 amide bonds. The number of esters is 1. The fourth-order valence-corrected chi connectivity index (χ4v) is 2.25. The molecule has 1 unspecified atom stereocenters. The molecule has 1 aromatic carbocycles. The molecular formula is C15H14F3NO2. The van der Waals surface area contributed by atoms with Gasteiger partial charge in [-0.2, -0.15) is 13.2 Å². The summed E-state index contributed by atoms with van der Waals surface area (Å²) in [5.41, 5.74) is 3.27. The first-order chi connectivity index (χ1) is 9.79. The normalized spacial score (nSPS) is 22.3. The monoisotopic (exact) mass is 297 g/mol. The van der Waals surface area contributed by atoms with Crippen LogP contribution in [-0.2, 0) is 9.53 Å². The number of allylic oxidation sites excluding steroid dienone is 2. The van der Waals surface area contributed by atoms with Gasteiger partial charge in [0, 0.05) is 6.42 Å². The van der Waals surface area contributed by atoms with E-state index in [4.69, 9.17) is 5.73 Å². The van der Waals surface area contributed by atoms with Gasteiger partial charge in [0.2, 0.25) is 0 Å². The molecule has 0 saturated carbocycles. The number of rotatable bonds is 2. The van der Waals surface area contributed by atoms with Gasteiger partial charge in [-0.3, -0.25) is 0 Å². The van der Waals surface area contributed by atoms with E-state index in [1.165, 1.54) is 6.08 Å². The minimum atomic E-state index is -4.76. The molecule has 112 valence electrons. The second-order valence-corrected chi connectivity index (χ2v) is 4.78. The minimum Gasteiger partial charge on any atom is -0.466 e. The molecule has 6 heteroatoms. The number of ether oxygens (including phenoxy) is 1. The SMILES string of the molecule is COC(=O)C1=CC=C(c2ccccc2)CC1(N)C(F)(F)F. The molecule has 2 N–H and O–H groups in total. The molecule has 1 aliphatic carbocycles. The molecule has 0 spiro atoms. The van der Waals surface area contributed by atoms with E-state index in [1.54, 1.807) is 30.3 Å². The first kappa shape index (κ1) is 15.3. The zero-order valence-corrected chi connectivity index (χ0v) is 11.3. The molecule has 0 radical (unpaired) electrons. The van der Waals surface area contributed by atoms with Crippen molar-refractivity contribution in [1.29, 1.82) is 0 Å². The maximum absolute atomic E-state index is 13.4. The van der Waals surface area contributed by atoms with Gasteiger partial charge in [0.25, 0.3) is 0 Å². The highest BCUT2D eigenvalue weighted by Gasteiger charge is 2.57. The summed E-state index contributed by atoms with van der Waals surface area (Å²) >= 11 is 0. The largest absolute Gasteiger partial charge is 0.466 e. The number of carbonyl (C=O) groups excluding carboxylic acids is 1. The molecule has 0 aromatic heterocycles. The molecule has 0 fully saturated rings. The smallest absolute Gasteiger partial charge is 0.411 e. The number of hydrogen-bond acceptors (Lipinski definition) is 3. The molecule has 1 aromatic rings. The summed E-state index contributed by atoms with van der Waals surface area (Å²) in [6, 6.07) is 8.60. The van der Waals surface area contributed by atoms with E-state index >= 15 is 0 Å². The summed E-state index contributed by atoms with van der Waals surface area (Å²) in [5, 5.41) is 0. The molecule has 21 heavy (non-hydrogen) atoms. The average Bonchev–Trinajstić information content (AvgIpc) is 2.46. The van der Waals surface area contributed by atoms with E-state index in [9.17, 15) is 18.0 Å². The van der Waals surface area contributed by atoms with Crippen LogP contribution in [0.3, 0.4) is 0 Å². The second-order valence-electron chi connectivity index (χ2n) is 4.78. The molecule has 1 atom stereocenters. The highest BCUT2D eigenvalue weighted by atomic mass is 19.4. The van der Waals surface area contributed by atoms with Crippen molar-refractivity contribution in [3.63, 3.8) is 0 Å². The number of methoxy groups -OCH3 is 1. The highest BCUT2D eigenvalue weighted by Crippen LogP contribution is 2.43. The zero-order valence-electron chi connectivity index (χ0n) is 11.3. The summed E-state index contributed by atoms with van der Waals surface area (Å²) < 4.78 is 44.5. The van der Waals surface area contributed by atoms with Crippen LogP contribution in [0.1, 0.15) is 12.0 Å². The quantitative estimate of drug-likeness (QED) is 0.854. The van der Waals surface area contributed by atoms with Gasteiger partial charge in [0.15, 0.2) is 0 Å². The molecule has 0 saturated heterocycles. The number of halogens is 3. The van der Waals surface area contributed by atoms with Crippen molar-refractivity contribution in [2.75, 3.05) is 7.11 Å². The number of benzene rings is 1. The maximum Gasteiger partial charge on any atom is 0.411 e. The lowest BCUT2D eigenvalue weighted by Crippen LogP contribution is -2.57. The molecule has 2 rings (SSSR count). The van der Waals surface area contributed by atoms with Gasteiger partial charge >= 0.3 is 12.1 Å². The van der Waals surface area contributed by atoms with E-state index in [2.05, 4.69) is 4.74 Å². The van der Waals surface area contributed by atoms with Gasteiger partial charge in [-0.25, -0.2) is 4.79 Å². The lowest BCUT2D eigenvalue weighted by molar-refractivity contribution is -0.178. The van der Waals surface area contributed by atoms with Crippen LogP contribution >= 0.6 is 0 Å². The fraction of sp³-hybridized carbons (Fsp3) is 0.267. The topological polar surface area (TPSA) is 52.3 Å². The van der Waals surface area contributed by atoms with Crippen LogP contribution in [-0.4, -0.2) is 24.8 Å². The van der Waals surface area contributed by atoms with Gasteiger partial charge in [0.05, 0.1) is 12.7 Å². The molecule has 1 aliphatic rings. The number of hydrogen-bond donors (Lipinski definition) is 1. The van der Waals surface area contributed by atoms with E-state index in [0.717, 1.165) is 13.2 Å². The van der Waals surface area contributed by atoms with Gasteiger partial charge in [-0.15, -0.1) is 0 Å². The Hall–Kier alpha value is -2.08. The molecule has 0 bridgehead atoms. The summed E-state index contributed by atoms with van der Waals surface area (Å²) in [7, 11) is 1.02. The molecular weight excluding hydrogens is 283 g/mol. The highest BCUT2D eigenvalue weighted by molar-refractivity contribution is 5.94. The van der Waals surface area contributed by atoms with Crippen molar-refractivity contribution in [2.45, 2.75) is 18.1 Å². The summed E-state index contributed by atoms with van der Waals surface area (Å²) in [4.78, 5) is 11.6. The van der Waals surface area contributed by atoms with Crippen LogP contribution in [0.4, 0.5) is 13.2 Å². The number of alkyl halides is 3. The average molecular weight is 297 g/mol. The third kappa shape index (κ3) is 2.71. The lowest BCUT2D eigenvalue weighted by atomic mass is 9.78. The Morgan fingerprint density at radius 2 is 1.86 bits per heavy atom. The van der Waals surface area contributed by atoms with Crippen LogP contribution in [0, 0.1) is 0 Å². The second kappa shape index (κ2) is 5.37. The summed E-state index contributed by atoms with van der Waals surface area (Å²) in [6.07, 6.45) is -2.72. The molecule has 0 heterocycles. The summed E-state index contributed by atoms with van der Waals surface area (Å²) in [6.45, 7) is 0. The Labute approximate surface area is 119 Å². The summed E-state index contributed by atoms with van der Waals surface area (Å²) in [5.74, 6) is -1.07. The predicted octanol–water partition coefficient (Wildman–Crippen LogP) is 2.83. The van der Waals surface area contributed by atoms with Crippen molar-refractivity contribution in [3.8, 4) is 0 Å². The molecule has 3 nitrogen and oxygen atoms in total.